The highest BCUT2D eigenvalue weighted by molar-refractivity contribution is 5.93. The van der Waals surface area contributed by atoms with E-state index in [-0.39, 0.29) is 47.7 Å². The van der Waals surface area contributed by atoms with Crippen LogP contribution in [0.2, 0.25) is 0 Å². The molecule has 1 atom stereocenters. The molecule has 0 radical (unpaired) electrons. The maximum atomic E-state index is 13.5. The van der Waals surface area contributed by atoms with E-state index in [1.807, 2.05) is 26.8 Å². The van der Waals surface area contributed by atoms with Crippen molar-refractivity contribution in [2.24, 2.45) is 5.92 Å². The van der Waals surface area contributed by atoms with Gasteiger partial charge in [0.25, 0.3) is 0 Å². The highest BCUT2D eigenvalue weighted by Crippen LogP contribution is 2.24. The number of amides is 2. The highest BCUT2D eigenvalue weighted by atomic mass is 19.1. The molecule has 1 unspecified atom stereocenters. The van der Waals surface area contributed by atoms with E-state index in [0.29, 0.717) is 24.1 Å². The second-order valence-corrected chi connectivity index (χ2v) is 11.6. The van der Waals surface area contributed by atoms with E-state index in [9.17, 15) is 23.9 Å². The summed E-state index contributed by atoms with van der Waals surface area (Å²) in [5.41, 5.74) is 1.36. The third kappa shape index (κ3) is 9.00. The first kappa shape index (κ1) is 32.1. The third-order valence-electron chi connectivity index (χ3n) is 6.34. The van der Waals surface area contributed by atoms with Gasteiger partial charge in [0.05, 0.1) is 17.2 Å². The number of rotatable bonds is 13. The van der Waals surface area contributed by atoms with Crippen molar-refractivity contribution >= 4 is 24.5 Å². The number of aliphatic carboxylic acids is 1. The number of halogens is 1. The van der Waals surface area contributed by atoms with Gasteiger partial charge in [-0.15, -0.1) is 0 Å². The van der Waals surface area contributed by atoms with Gasteiger partial charge in [0.1, 0.15) is 11.3 Å². The normalized spacial score (nSPS) is 12.7. The Balaban J connectivity index is 2.34. The third-order valence-corrected chi connectivity index (χ3v) is 6.34. The number of hydrogen-bond donors (Lipinski definition) is 3. The zero-order valence-corrected chi connectivity index (χ0v) is 24.1. The van der Waals surface area contributed by atoms with Gasteiger partial charge in [0.2, 0.25) is 12.3 Å². The van der Waals surface area contributed by atoms with Gasteiger partial charge in [-0.25, -0.2) is 9.07 Å². The fourth-order valence-corrected chi connectivity index (χ4v) is 4.07. The number of carbonyl (C=O) groups is 3. The standard InChI is InChI=1S/C30H40FN5O4/c1-20(16-21(2)28(39)40)27(38)35(18-30(6,7)33-19-37)14-8-9-15-36-26(32)24(29(3,4)5)17-25(34-36)22-10-12-23(31)13-11-22/h9-13,15,17,19,21,32H,1,8,14,16,18H2,2-7H3,(H,33,37)(H,39,40)/b15-9+,32-26?. The van der Waals surface area contributed by atoms with E-state index in [0.717, 1.165) is 5.56 Å². The SMILES string of the molecule is C=C(CC(C)C(=O)O)C(=O)N(CC/C=C/n1nc(-c2ccc(F)cc2)cc(C(C)(C)C)c1=N)CC(C)(C)NC=O. The first-order valence-electron chi connectivity index (χ1n) is 13.1. The van der Waals surface area contributed by atoms with Crippen molar-refractivity contribution in [3.8, 4) is 11.3 Å². The molecule has 0 saturated heterocycles. The number of carboxylic acids is 1. The number of nitrogens with zero attached hydrogens (tertiary/aromatic N) is 3. The minimum atomic E-state index is -1.01. The number of carboxylic acid groups (broad SMARTS) is 1. The van der Waals surface area contributed by atoms with Crippen molar-refractivity contribution < 1.29 is 23.9 Å². The summed E-state index contributed by atoms with van der Waals surface area (Å²) in [7, 11) is 0. The maximum absolute atomic E-state index is 13.5. The van der Waals surface area contributed by atoms with Crippen molar-refractivity contribution in [3.63, 3.8) is 0 Å². The average Bonchev–Trinajstić information content (AvgIpc) is 2.85. The van der Waals surface area contributed by atoms with Crippen LogP contribution < -0.4 is 10.8 Å². The summed E-state index contributed by atoms with van der Waals surface area (Å²) >= 11 is 0. The smallest absolute Gasteiger partial charge is 0.306 e. The number of benzene rings is 1. The number of aromatic nitrogens is 2. The van der Waals surface area contributed by atoms with Gasteiger partial charge in [0.15, 0.2) is 0 Å². The van der Waals surface area contributed by atoms with Crippen LogP contribution in [0.25, 0.3) is 17.5 Å². The van der Waals surface area contributed by atoms with Crippen LogP contribution in [-0.2, 0) is 19.8 Å². The predicted molar refractivity (Wildman–Crippen MR) is 153 cm³/mol. The molecule has 0 aliphatic rings. The van der Waals surface area contributed by atoms with E-state index in [1.165, 1.54) is 28.6 Å². The summed E-state index contributed by atoms with van der Waals surface area (Å²) in [6.45, 7) is 15.3. The summed E-state index contributed by atoms with van der Waals surface area (Å²) in [5.74, 6) is -2.51. The van der Waals surface area contributed by atoms with Crippen LogP contribution in [0.1, 0.15) is 59.9 Å². The molecule has 1 heterocycles. The van der Waals surface area contributed by atoms with E-state index in [2.05, 4.69) is 17.0 Å². The fourth-order valence-electron chi connectivity index (χ4n) is 4.07. The molecule has 0 aliphatic heterocycles. The average molecular weight is 554 g/mol. The molecular formula is C30H40FN5O4. The molecule has 0 bridgehead atoms. The topological polar surface area (TPSA) is 128 Å². The molecule has 2 rings (SSSR count). The van der Waals surface area contributed by atoms with Crippen LogP contribution in [-0.4, -0.2) is 56.7 Å². The first-order valence-corrected chi connectivity index (χ1v) is 13.1. The Kier molecular flexibility index (Phi) is 10.7. The van der Waals surface area contributed by atoms with Gasteiger partial charge in [-0.1, -0.05) is 40.3 Å². The van der Waals surface area contributed by atoms with Gasteiger partial charge < -0.3 is 15.3 Å². The molecular weight excluding hydrogens is 513 g/mol. The van der Waals surface area contributed by atoms with Gasteiger partial charge in [0, 0.05) is 36.0 Å². The van der Waals surface area contributed by atoms with Crippen molar-refractivity contribution in [3.05, 3.63) is 65.4 Å². The van der Waals surface area contributed by atoms with Crippen LogP contribution in [0.3, 0.4) is 0 Å². The van der Waals surface area contributed by atoms with Crippen LogP contribution in [0.15, 0.2) is 48.6 Å². The Hall–Kier alpha value is -4.08. The number of hydrogen-bond acceptors (Lipinski definition) is 5. The minimum absolute atomic E-state index is 0.00970. The van der Waals surface area contributed by atoms with Crippen molar-refractivity contribution in [1.29, 1.82) is 5.41 Å². The Morgan fingerprint density at radius 1 is 1.23 bits per heavy atom. The fraction of sp³-hybridized carbons (Fsp3) is 0.433. The number of nitrogens with one attached hydrogen (secondary N) is 2. The minimum Gasteiger partial charge on any atom is -0.481 e. The molecule has 1 aromatic carbocycles. The largest absolute Gasteiger partial charge is 0.481 e. The molecule has 3 N–H and O–H groups in total. The summed E-state index contributed by atoms with van der Waals surface area (Å²) in [6.07, 6.45) is 4.42. The molecule has 216 valence electrons. The van der Waals surface area contributed by atoms with E-state index >= 15 is 0 Å². The van der Waals surface area contributed by atoms with E-state index < -0.39 is 17.4 Å². The monoisotopic (exact) mass is 553 g/mol. The quantitative estimate of drug-likeness (QED) is 0.251. The lowest BCUT2D eigenvalue weighted by atomic mass is 9.87. The van der Waals surface area contributed by atoms with Gasteiger partial charge in [-0.3, -0.25) is 19.8 Å². The molecule has 0 spiro atoms. The molecule has 0 aliphatic carbocycles. The first-order chi connectivity index (χ1) is 18.6. The molecule has 40 heavy (non-hydrogen) atoms. The van der Waals surface area contributed by atoms with Crippen LogP contribution in [0.4, 0.5) is 4.39 Å². The van der Waals surface area contributed by atoms with Crippen LogP contribution >= 0.6 is 0 Å². The van der Waals surface area contributed by atoms with Gasteiger partial charge in [-0.05, 0) is 62.4 Å². The lowest BCUT2D eigenvalue weighted by molar-refractivity contribution is -0.141. The lowest BCUT2D eigenvalue weighted by Gasteiger charge is -2.33. The second kappa shape index (κ2) is 13.3. The Morgan fingerprint density at radius 3 is 2.40 bits per heavy atom. The summed E-state index contributed by atoms with van der Waals surface area (Å²) in [4.78, 5) is 37.1. The summed E-state index contributed by atoms with van der Waals surface area (Å²) in [5, 5.41) is 25.2. The molecule has 0 saturated carbocycles. The summed E-state index contributed by atoms with van der Waals surface area (Å²) in [6, 6.07) is 7.84. The maximum Gasteiger partial charge on any atom is 0.306 e. The molecule has 1 aromatic heterocycles. The molecule has 9 nitrogen and oxygen atoms in total. The van der Waals surface area contributed by atoms with Crippen molar-refractivity contribution in [1.82, 2.24) is 20.0 Å². The Labute approximate surface area is 234 Å². The van der Waals surface area contributed by atoms with Crippen molar-refractivity contribution in [2.45, 2.75) is 65.3 Å². The summed E-state index contributed by atoms with van der Waals surface area (Å²) < 4.78 is 14.9. The Morgan fingerprint density at radius 2 is 1.85 bits per heavy atom. The van der Waals surface area contributed by atoms with Crippen molar-refractivity contribution in [2.75, 3.05) is 13.1 Å². The predicted octanol–water partition coefficient (Wildman–Crippen LogP) is 4.35. The highest BCUT2D eigenvalue weighted by Gasteiger charge is 2.27. The van der Waals surface area contributed by atoms with E-state index in [1.54, 1.807) is 38.3 Å². The van der Waals surface area contributed by atoms with Gasteiger partial charge >= 0.3 is 5.97 Å². The molecule has 10 heteroatoms. The van der Waals surface area contributed by atoms with Gasteiger partial charge in [-0.2, -0.15) is 5.10 Å². The van der Waals surface area contributed by atoms with Crippen LogP contribution in [0, 0.1) is 17.1 Å². The number of carbonyl (C=O) groups excluding carboxylic acids is 2. The van der Waals surface area contributed by atoms with Crippen LogP contribution in [0.5, 0.6) is 0 Å². The zero-order valence-electron chi connectivity index (χ0n) is 24.1. The lowest BCUT2D eigenvalue weighted by Crippen LogP contribution is -2.50. The molecule has 2 amide bonds. The molecule has 0 fully saturated rings. The Bertz CT molecular complexity index is 1320. The van der Waals surface area contributed by atoms with E-state index in [4.69, 9.17) is 5.41 Å². The zero-order chi connectivity index (χ0) is 30.3. The molecule has 2 aromatic rings. The second-order valence-electron chi connectivity index (χ2n) is 11.6.